The fourth-order valence-corrected chi connectivity index (χ4v) is 0.935. The van der Waals surface area contributed by atoms with Gasteiger partial charge >= 0.3 is 0 Å². The van der Waals surface area contributed by atoms with Gasteiger partial charge in [0.15, 0.2) is 6.61 Å². The quantitative estimate of drug-likeness (QED) is 0.730. The molecule has 0 unspecified atom stereocenters. The molecule has 0 aliphatic rings. The van der Waals surface area contributed by atoms with Crippen molar-refractivity contribution in [2.24, 2.45) is 0 Å². The number of hydrogen-bond acceptors (Lipinski definition) is 2. The van der Waals surface area contributed by atoms with Crippen molar-refractivity contribution >= 4 is 16.8 Å². The lowest BCUT2D eigenvalue weighted by molar-refractivity contribution is -0.113. The Bertz CT molecular complexity index is 328. The fourth-order valence-electron chi connectivity index (χ4n) is 0.880. The molecule has 0 saturated carbocycles. The maximum absolute atomic E-state index is 12.2. The molecule has 0 N–H and O–H groups in total. The van der Waals surface area contributed by atoms with Crippen LogP contribution < -0.4 is 4.74 Å². The summed E-state index contributed by atoms with van der Waals surface area (Å²) in [7, 11) is 0. The average Bonchev–Trinajstić information content (AvgIpc) is 2.15. The Kier molecular flexibility index (Phi) is 3.83. The molecule has 0 heterocycles. The minimum Gasteiger partial charge on any atom is -0.484 e. The Morgan fingerprint density at radius 1 is 1.50 bits per heavy atom. The van der Waals surface area contributed by atoms with Gasteiger partial charge in [-0.15, -0.1) is 0 Å². The summed E-state index contributed by atoms with van der Waals surface area (Å²) in [5.41, 5.74) is -0.149. The Labute approximate surface area is 84.4 Å². The number of rotatable bonds is 4. The van der Waals surface area contributed by atoms with E-state index in [0.717, 1.165) is 0 Å². The van der Waals surface area contributed by atoms with Gasteiger partial charge in [-0.25, -0.2) is 8.78 Å². The van der Waals surface area contributed by atoms with Crippen LogP contribution in [0.3, 0.4) is 0 Å². The molecule has 0 bridgehead atoms. The highest BCUT2D eigenvalue weighted by Crippen LogP contribution is 2.22. The summed E-state index contributed by atoms with van der Waals surface area (Å²) in [6.07, 6.45) is -2.55. The van der Waals surface area contributed by atoms with Crippen LogP contribution in [0.5, 0.6) is 5.75 Å². The van der Waals surface area contributed by atoms with E-state index in [1.54, 1.807) is 0 Å². The lowest BCUT2D eigenvalue weighted by Crippen LogP contribution is -2.04. The first kappa shape index (κ1) is 10.9. The second-order valence-electron chi connectivity index (χ2n) is 2.52. The van der Waals surface area contributed by atoms with E-state index in [2.05, 4.69) is 0 Å². The summed E-state index contributed by atoms with van der Waals surface area (Å²) < 4.78 is 29.2. The Morgan fingerprint density at radius 3 is 2.79 bits per heavy atom. The van der Waals surface area contributed by atoms with Crippen LogP contribution >= 0.6 is 11.6 Å². The van der Waals surface area contributed by atoms with Crippen LogP contribution in [-0.2, 0) is 4.79 Å². The van der Waals surface area contributed by atoms with Gasteiger partial charge in [0.05, 0.1) is 0 Å². The molecule has 0 spiro atoms. The number of benzene rings is 1. The SMILES string of the molecule is O=C(Cl)COc1cccc(C(F)F)c1. The van der Waals surface area contributed by atoms with E-state index in [0.29, 0.717) is 0 Å². The molecule has 14 heavy (non-hydrogen) atoms. The molecule has 1 aromatic carbocycles. The average molecular weight is 221 g/mol. The van der Waals surface area contributed by atoms with Crippen molar-refractivity contribution in [2.75, 3.05) is 6.61 Å². The van der Waals surface area contributed by atoms with E-state index in [1.807, 2.05) is 0 Å². The summed E-state index contributed by atoms with van der Waals surface area (Å²) in [4.78, 5) is 10.3. The van der Waals surface area contributed by atoms with E-state index < -0.39 is 11.7 Å². The van der Waals surface area contributed by atoms with E-state index in [1.165, 1.54) is 24.3 Å². The zero-order valence-corrected chi connectivity index (χ0v) is 7.80. The van der Waals surface area contributed by atoms with Gasteiger partial charge in [-0.1, -0.05) is 12.1 Å². The van der Waals surface area contributed by atoms with Crippen molar-refractivity contribution in [3.8, 4) is 5.75 Å². The summed E-state index contributed by atoms with van der Waals surface area (Å²) in [5.74, 6) is 0.205. The van der Waals surface area contributed by atoms with Gasteiger partial charge < -0.3 is 4.74 Å². The van der Waals surface area contributed by atoms with Crippen molar-refractivity contribution in [3.63, 3.8) is 0 Å². The van der Waals surface area contributed by atoms with Gasteiger partial charge in [0, 0.05) is 5.56 Å². The van der Waals surface area contributed by atoms with E-state index >= 15 is 0 Å². The van der Waals surface area contributed by atoms with Crippen LogP contribution in [0.25, 0.3) is 0 Å². The maximum Gasteiger partial charge on any atom is 0.263 e. The van der Waals surface area contributed by atoms with Crippen molar-refractivity contribution in [3.05, 3.63) is 29.8 Å². The highest BCUT2D eigenvalue weighted by atomic mass is 35.5. The molecule has 76 valence electrons. The second-order valence-corrected chi connectivity index (χ2v) is 2.94. The smallest absolute Gasteiger partial charge is 0.263 e. The van der Waals surface area contributed by atoms with Crippen LogP contribution in [0.4, 0.5) is 8.78 Å². The number of alkyl halides is 2. The van der Waals surface area contributed by atoms with E-state index in [-0.39, 0.29) is 17.9 Å². The van der Waals surface area contributed by atoms with Crippen LogP contribution in [0.15, 0.2) is 24.3 Å². The Balaban J connectivity index is 2.68. The molecule has 0 saturated heterocycles. The summed E-state index contributed by atoms with van der Waals surface area (Å²) in [6.45, 7) is -0.325. The number of hydrogen-bond donors (Lipinski definition) is 0. The molecule has 5 heteroatoms. The minimum atomic E-state index is -2.55. The van der Waals surface area contributed by atoms with E-state index in [4.69, 9.17) is 16.3 Å². The molecule has 0 atom stereocenters. The number of carbonyl (C=O) groups excluding carboxylic acids is 1. The highest BCUT2D eigenvalue weighted by Gasteiger charge is 2.07. The summed E-state index contributed by atoms with van der Waals surface area (Å²) in [5, 5.41) is -0.674. The van der Waals surface area contributed by atoms with E-state index in [9.17, 15) is 13.6 Å². The lowest BCUT2D eigenvalue weighted by Gasteiger charge is -2.04. The molecule has 0 amide bonds. The van der Waals surface area contributed by atoms with Crippen LogP contribution in [0.2, 0.25) is 0 Å². The van der Waals surface area contributed by atoms with Crippen molar-refractivity contribution in [1.29, 1.82) is 0 Å². The maximum atomic E-state index is 12.2. The summed E-state index contributed by atoms with van der Waals surface area (Å²) in [6, 6.07) is 5.35. The molecule has 0 radical (unpaired) electrons. The zero-order valence-electron chi connectivity index (χ0n) is 7.04. The normalized spacial score (nSPS) is 10.3. The Morgan fingerprint density at radius 2 is 2.21 bits per heavy atom. The molecule has 0 aromatic heterocycles. The van der Waals surface area contributed by atoms with Crippen LogP contribution in [-0.4, -0.2) is 11.8 Å². The minimum absolute atomic E-state index is 0.149. The lowest BCUT2D eigenvalue weighted by atomic mass is 10.2. The monoisotopic (exact) mass is 220 g/mol. The Hall–Kier alpha value is -1.16. The largest absolute Gasteiger partial charge is 0.484 e. The zero-order chi connectivity index (χ0) is 10.6. The standard InChI is InChI=1S/C9H7ClF2O2/c10-8(13)5-14-7-3-1-2-6(4-7)9(11)12/h1-4,9H,5H2. The predicted molar refractivity (Wildman–Crippen MR) is 47.8 cm³/mol. The topological polar surface area (TPSA) is 26.3 Å². The van der Waals surface area contributed by atoms with Gasteiger partial charge in [0.2, 0.25) is 0 Å². The molecular formula is C9H7ClF2O2. The third kappa shape index (κ3) is 3.30. The molecular weight excluding hydrogens is 214 g/mol. The third-order valence-corrected chi connectivity index (χ3v) is 1.57. The van der Waals surface area contributed by atoms with Crippen molar-refractivity contribution in [1.82, 2.24) is 0 Å². The van der Waals surface area contributed by atoms with Gasteiger partial charge in [-0.05, 0) is 23.7 Å². The first-order chi connectivity index (χ1) is 6.59. The van der Waals surface area contributed by atoms with Gasteiger partial charge in [0.1, 0.15) is 5.75 Å². The highest BCUT2D eigenvalue weighted by molar-refractivity contribution is 6.63. The number of ether oxygens (including phenoxy) is 1. The van der Waals surface area contributed by atoms with Crippen molar-refractivity contribution < 1.29 is 18.3 Å². The molecule has 2 nitrogen and oxygen atoms in total. The van der Waals surface area contributed by atoms with Crippen LogP contribution in [0, 0.1) is 0 Å². The van der Waals surface area contributed by atoms with Crippen LogP contribution in [0.1, 0.15) is 12.0 Å². The molecule has 0 fully saturated rings. The first-order valence-electron chi connectivity index (χ1n) is 3.79. The molecule has 0 aliphatic carbocycles. The first-order valence-corrected chi connectivity index (χ1v) is 4.16. The molecule has 0 aliphatic heterocycles. The fraction of sp³-hybridized carbons (Fsp3) is 0.222. The van der Waals surface area contributed by atoms with Gasteiger partial charge in [-0.2, -0.15) is 0 Å². The second kappa shape index (κ2) is 4.91. The van der Waals surface area contributed by atoms with Gasteiger partial charge in [0.25, 0.3) is 11.7 Å². The van der Waals surface area contributed by atoms with Crippen molar-refractivity contribution in [2.45, 2.75) is 6.43 Å². The number of halogens is 3. The van der Waals surface area contributed by atoms with Gasteiger partial charge in [-0.3, -0.25) is 4.79 Å². The summed E-state index contributed by atoms with van der Waals surface area (Å²) >= 11 is 5.02. The number of carbonyl (C=O) groups is 1. The molecule has 1 aromatic rings. The molecule has 1 rings (SSSR count). The predicted octanol–water partition coefficient (Wildman–Crippen LogP) is 2.77. The third-order valence-electron chi connectivity index (χ3n) is 1.46.